The number of benzene rings is 2. The lowest BCUT2D eigenvalue weighted by Crippen LogP contribution is -2.20. The van der Waals surface area contributed by atoms with Crippen LogP contribution in [0.4, 0.5) is 15.8 Å². The Labute approximate surface area is 116 Å². The smallest absolute Gasteiger partial charge is 0.236 e. The Bertz CT molecular complexity index is 723. The zero-order valence-electron chi connectivity index (χ0n) is 11.0. The molecule has 0 bridgehead atoms. The van der Waals surface area contributed by atoms with Gasteiger partial charge in [0.05, 0.1) is 12.1 Å². The molecule has 100 valence electrons. The Morgan fingerprint density at radius 2 is 1.80 bits per heavy atom. The molecule has 2 aliphatic rings. The van der Waals surface area contributed by atoms with Gasteiger partial charge in [-0.1, -0.05) is 6.07 Å². The number of amides is 1. The largest absolute Gasteiger partial charge is 0.280 e. The summed E-state index contributed by atoms with van der Waals surface area (Å²) in [5, 5.41) is 0. The molecule has 0 N–H and O–H groups in total. The molecule has 0 saturated heterocycles. The predicted octanol–water partition coefficient (Wildman–Crippen LogP) is 3.54. The minimum Gasteiger partial charge on any atom is -0.280 e. The topological polar surface area (TPSA) is 20.3 Å². The summed E-state index contributed by atoms with van der Waals surface area (Å²) >= 11 is 0. The minimum absolute atomic E-state index is 0.0172. The number of hydrogen-bond donors (Lipinski definition) is 0. The van der Waals surface area contributed by atoms with Gasteiger partial charge in [0.1, 0.15) is 5.82 Å². The molecule has 0 aromatic heterocycles. The average Bonchev–Trinajstić information content (AvgIpc) is 3.00. The molecule has 1 amide bonds. The van der Waals surface area contributed by atoms with E-state index in [9.17, 15) is 9.18 Å². The molecule has 2 aromatic rings. The first-order valence-corrected chi connectivity index (χ1v) is 6.95. The lowest BCUT2D eigenvalue weighted by atomic mass is 10.1. The number of aryl methyl sites for hydroxylation is 2. The van der Waals surface area contributed by atoms with Gasteiger partial charge in [0, 0.05) is 5.69 Å². The predicted molar refractivity (Wildman–Crippen MR) is 75.7 cm³/mol. The van der Waals surface area contributed by atoms with Crippen molar-refractivity contribution in [1.82, 2.24) is 0 Å². The molecule has 0 radical (unpaired) electrons. The van der Waals surface area contributed by atoms with E-state index < -0.39 is 0 Å². The maximum Gasteiger partial charge on any atom is 0.236 e. The van der Waals surface area contributed by atoms with Gasteiger partial charge >= 0.3 is 0 Å². The molecule has 2 nitrogen and oxygen atoms in total. The Morgan fingerprint density at radius 1 is 0.950 bits per heavy atom. The fraction of sp³-hybridized carbons (Fsp3) is 0.235. The first-order valence-electron chi connectivity index (χ1n) is 6.95. The van der Waals surface area contributed by atoms with Crippen LogP contribution in [-0.2, 0) is 24.1 Å². The van der Waals surface area contributed by atoms with E-state index in [1.807, 2.05) is 6.07 Å². The van der Waals surface area contributed by atoms with E-state index in [0.717, 1.165) is 29.8 Å². The SMILES string of the molecule is O=C1Cc2cc(F)ccc2N1c1ccc2c(c1)CCC2. The van der Waals surface area contributed by atoms with Gasteiger partial charge in [0.2, 0.25) is 5.91 Å². The second kappa shape index (κ2) is 4.17. The van der Waals surface area contributed by atoms with Crippen molar-refractivity contribution in [3.63, 3.8) is 0 Å². The first kappa shape index (κ1) is 11.6. The van der Waals surface area contributed by atoms with Crippen molar-refractivity contribution in [2.75, 3.05) is 4.90 Å². The van der Waals surface area contributed by atoms with Gasteiger partial charge < -0.3 is 0 Å². The highest BCUT2D eigenvalue weighted by atomic mass is 19.1. The van der Waals surface area contributed by atoms with Crippen LogP contribution in [0.15, 0.2) is 36.4 Å². The van der Waals surface area contributed by atoms with Gasteiger partial charge in [-0.15, -0.1) is 0 Å². The average molecular weight is 267 g/mol. The van der Waals surface area contributed by atoms with Crippen molar-refractivity contribution < 1.29 is 9.18 Å². The zero-order valence-corrected chi connectivity index (χ0v) is 11.0. The molecular weight excluding hydrogens is 253 g/mol. The second-order valence-electron chi connectivity index (χ2n) is 5.49. The number of fused-ring (bicyclic) bond motifs is 2. The molecule has 0 saturated carbocycles. The number of rotatable bonds is 1. The van der Waals surface area contributed by atoms with Crippen LogP contribution in [0.3, 0.4) is 0 Å². The molecule has 1 heterocycles. The van der Waals surface area contributed by atoms with E-state index in [0.29, 0.717) is 0 Å². The number of anilines is 2. The van der Waals surface area contributed by atoms with E-state index in [1.54, 1.807) is 11.0 Å². The van der Waals surface area contributed by atoms with Gasteiger partial charge in [0.25, 0.3) is 0 Å². The van der Waals surface area contributed by atoms with Crippen molar-refractivity contribution in [3.05, 3.63) is 58.9 Å². The van der Waals surface area contributed by atoms with Gasteiger partial charge in [-0.3, -0.25) is 9.69 Å². The van der Waals surface area contributed by atoms with Crippen LogP contribution in [0.2, 0.25) is 0 Å². The molecular formula is C17H14FNO. The highest BCUT2D eigenvalue weighted by molar-refractivity contribution is 6.07. The van der Waals surface area contributed by atoms with Crippen LogP contribution in [0.5, 0.6) is 0 Å². The maximum absolute atomic E-state index is 13.3. The summed E-state index contributed by atoms with van der Waals surface area (Å²) < 4.78 is 13.3. The van der Waals surface area contributed by atoms with Gasteiger partial charge in [-0.25, -0.2) is 4.39 Å². The Balaban J connectivity index is 1.81. The first-order chi connectivity index (χ1) is 9.72. The monoisotopic (exact) mass is 267 g/mol. The Morgan fingerprint density at radius 3 is 2.70 bits per heavy atom. The molecule has 1 aliphatic heterocycles. The van der Waals surface area contributed by atoms with Crippen molar-refractivity contribution in [2.24, 2.45) is 0 Å². The summed E-state index contributed by atoms with van der Waals surface area (Å²) in [6.07, 6.45) is 3.69. The Hall–Kier alpha value is -2.16. The summed E-state index contributed by atoms with van der Waals surface area (Å²) in [5.74, 6) is -0.268. The molecule has 20 heavy (non-hydrogen) atoms. The normalized spacial score (nSPS) is 16.4. The van der Waals surface area contributed by atoms with Crippen LogP contribution >= 0.6 is 0 Å². The lowest BCUT2D eigenvalue weighted by Gasteiger charge is -2.18. The van der Waals surface area contributed by atoms with Crippen LogP contribution in [0.25, 0.3) is 0 Å². The highest BCUT2D eigenvalue weighted by Gasteiger charge is 2.29. The number of nitrogens with zero attached hydrogens (tertiary/aromatic N) is 1. The standard InChI is InChI=1S/C17H14FNO/c18-14-5-7-16-13(8-14)10-17(20)19(16)15-6-4-11-2-1-3-12(11)9-15/h4-9H,1-3,10H2. The molecule has 0 atom stereocenters. The zero-order chi connectivity index (χ0) is 13.7. The van der Waals surface area contributed by atoms with Crippen LogP contribution in [0, 0.1) is 5.82 Å². The molecule has 0 unspecified atom stereocenters. The van der Waals surface area contributed by atoms with E-state index in [-0.39, 0.29) is 18.1 Å². The summed E-state index contributed by atoms with van der Waals surface area (Å²) in [6.45, 7) is 0. The number of hydrogen-bond acceptors (Lipinski definition) is 1. The van der Waals surface area contributed by atoms with E-state index in [1.165, 1.54) is 29.7 Å². The third-order valence-electron chi connectivity index (χ3n) is 4.21. The number of carbonyl (C=O) groups is 1. The molecule has 0 fully saturated rings. The van der Waals surface area contributed by atoms with Crippen LogP contribution < -0.4 is 4.90 Å². The van der Waals surface area contributed by atoms with Crippen molar-refractivity contribution in [2.45, 2.75) is 25.7 Å². The van der Waals surface area contributed by atoms with E-state index in [2.05, 4.69) is 12.1 Å². The summed E-state index contributed by atoms with van der Waals surface area (Å²) in [5.41, 5.74) is 5.22. The van der Waals surface area contributed by atoms with Crippen molar-refractivity contribution in [3.8, 4) is 0 Å². The molecule has 0 spiro atoms. The molecule has 3 heteroatoms. The second-order valence-corrected chi connectivity index (χ2v) is 5.49. The van der Waals surface area contributed by atoms with E-state index >= 15 is 0 Å². The van der Waals surface area contributed by atoms with Gasteiger partial charge in [0.15, 0.2) is 0 Å². The third-order valence-corrected chi connectivity index (χ3v) is 4.21. The number of halogens is 1. The maximum atomic E-state index is 13.3. The van der Waals surface area contributed by atoms with Gasteiger partial charge in [-0.05, 0) is 66.3 Å². The van der Waals surface area contributed by atoms with Gasteiger partial charge in [-0.2, -0.15) is 0 Å². The number of carbonyl (C=O) groups excluding carboxylic acids is 1. The fourth-order valence-corrected chi connectivity index (χ4v) is 3.27. The summed E-state index contributed by atoms with van der Waals surface area (Å²) in [6, 6.07) is 10.8. The fourth-order valence-electron chi connectivity index (χ4n) is 3.27. The van der Waals surface area contributed by atoms with Crippen molar-refractivity contribution in [1.29, 1.82) is 0 Å². The third kappa shape index (κ3) is 1.66. The summed E-state index contributed by atoms with van der Waals surface area (Å²) in [7, 11) is 0. The lowest BCUT2D eigenvalue weighted by molar-refractivity contribution is -0.116. The quantitative estimate of drug-likeness (QED) is 0.774. The molecule has 2 aromatic carbocycles. The highest BCUT2D eigenvalue weighted by Crippen LogP contribution is 2.37. The summed E-state index contributed by atoms with van der Waals surface area (Å²) in [4.78, 5) is 14.0. The minimum atomic E-state index is -0.285. The molecule has 4 rings (SSSR count). The van der Waals surface area contributed by atoms with Crippen LogP contribution in [0.1, 0.15) is 23.1 Å². The van der Waals surface area contributed by atoms with Crippen LogP contribution in [-0.4, -0.2) is 5.91 Å². The molecule has 1 aliphatic carbocycles. The Kier molecular flexibility index (Phi) is 2.43. The van der Waals surface area contributed by atoms with Crippen molar-refractivity contribution >= 4 is 17.3 Å². The van der Waals surface area contributed by atoms with E-state index in [4.69, 9.17) is 0 Å².